The maximum Gasteiger partial charge on any atom is 0.106 e. The lowest BCUT2D eigenvalue weighted by atomic mass is 9.57. The maximum absolute atomic E-state index is 9.64. The van der Waals surface area contributed by atoms with E-state index in [-0.39, 0.29) is 11.5 Å². The van der Waals surface area contributed by atoms with Gasteiger partial charge in [-0.15, -0.1) is 0 Å². The fourth-order valence-corrected chi connectivity index (χ4v) is 3.95. The maximum atomic E-state index is 9.64. The van der Waals surface area contributed by atoms with Crippen LogP contribution < -0.4 is 0 Å². The molecule has 0 amide bonds. The minimum absolute atomic E-state index is 0.133. The van der Waals surface area contributed by atoms with E-state index in [0.29, 0.717) is 5.92 Å². The molecular weight excluding hydrogens is 210 g/mol. The SMILES string of the molecule is CC1=CO[C@@H]2CCC[C@]3(C#N)CCCC(=C1)[C@H]23. The van der Waals surface area contributed by atoms with Gasteiger partial charge in [0.1, 0.15) is 6.10 Å². The van der Waals surface area contributed by atoms with Crippen LogP contribution in [-0.4, -0.2) is 6.10 Å². The highest BCUT2D eigenvalue weighted by molar-refractivity contribution is 5.31. The van der Waals surface area contributed by atoms with Gasteiger partial charge in [-0.1, -0.05) is 11.6 Å². The topological polar surface area (TPSA) is 33.0 Å². The quantitative estimate of drug-likeness (QED) is 0.634. The van der Waals surface area contributed by atoms with E-state index in [1.54, 1.807) is 0 Å². The molecule has 2 heteroatoms. The monoisotopic (exact) mass is 229 g/mol. The smallest absolute Gasteiger partial charge is 0.106 e. The molecule has 3 atom stereocenters. The predicted octanol–water partition coefficient (Wildman–Crippen LogP) is 3.71. The molecule has 0 unspecified atom stereocenters. The van der Waals surface area contributed by atoms with E-state index in [1.165, 1.54) is 11.1 Å². The van der Waals surface area contributed by atoms with Crippen molar-refractivity contribution in [3.8, 4) is 6.07 Å². The van der Waals surface area contributed by atoms with Crippen molar-refractivity contribution in [2.75, 3.05) is 0 Å². The number of allylic oxidation sites excluding steroid dienone is 2. The van der Waals surface area contributed by atoms with Crippen LogP contribution in [-0.2, 0) is 4.74 Å². The van der Waals surface area contributed by atoms with Gasteiger partial charge in [0.15, 0.2) is 0 Å². The third kappa shape index (κ3) is 1.60. The number of nitrogens with zero attached hydrogens (tertiary/aromatic N) is 1. The Labute approximate surface area is 103 Å². The average Bonchev–Trinajstić information content (AvgIpc) is 2.51. The van der Waals surface area contributed by atoms with Gasteiger partial charge in [0.25, 0.3) is 0 Å². The average molecular weight is 229 g/mol. The molecule has 2 nitrogen and oxygen atoms in total. The second-order valence-electron chi connectivity index (χ2n) is 5.75. The fraction of sp³-hybridized carbons (Fsp3) is 0.667. The Morgan fingerprint density at radius 1 is 1.41 bits per heavy atom. The van der Waals surface area contributed by atoms with Gasteiger partial charge < -0.3 is 4.74 Å². The van der Waals surface area contributed by atoms with Crippen LogP contribution in [0.4, 0.5) is 0 Å². The van der Waals surface area contributed by atoms with Crippen LogP contribution in [0.5, 0.6) is 0 Å². The van der Waals surface area contributed by atoms with Crippen molar-refractivity contribution in [1.29, 1.82) is 5.26 Å². The predicted molar refractivity (Wildman–Crippen MR) is 66.0 cm³/mol. The van der Waals surface area contributed by atoms with Crippen LogP contribution in [0, 0.1) is 22.7 Å². The lowest BCUT2D eigenvalue weighted by molar-refractivity contribution is -0.00353. The molecule has 2 fully saturated rings. The molecule has 0 N–H and O–H groups in total. The highest BCUT2D eigenvalue weighted by atomic mass is 16.5. The van der Waals surface area contributed by atoms with Crippen LogP contribution >= 0.6 is 0 Å². The third-order valence-electron chi connectivity index (χ3n) is 4.63. The summed E-state index contributed by atoms with van der Waals surface area (Å²) in [6, 6.07) is 2.65. The van der Waals surface area contributed by atoms with E-state index < -0.39 is 0 Å². The highest BCUT2D eigenvalue weighted by Gasteiger charge is 2.50. The zero-order valence-electron chi connectivity index (χ0n) is 10.4. The molecule has 2 aliphatic carbocycles. The molecule has 0 saturated heterocycles. The summed E-state index contributed by atoms with van der Waals surface area (Å²) in [5.74, 6) is 0.351. The Balaban J connectivity index is 2.06. The van der Waals surface area contributed by atoms with E-state index in [4.69, 9.17) is 4.74 Å². The van der Waals surface area contributed by atoms with Gasteiger partial charge in [0.2, 0.25) is 0 Å². The van der Waals surface area contributed by atoms with Crippen molar-refractivity contribution in [2.45, 2.75) is 51.6 Å². The second kappa shape index (κ2) is 3.91. The first-order chi connectivity index (χ1) is 8.25. The van der Waals surface area contributed by atoms with Crippen LogP contribution in [0.2, 0.25) is 0 Å². The summed E-state index contributed by atoms with van der Waals surface area (Å²) < 4.78 is 5.92. The molecule has 3 aliphatic rings. The second-order valence-corrected chi connectivity index (χ2v) is 5.75. The summed E-state index contributed by atoms with van der Waals surface area (Å²) in [6.45, 7) is 2.09. The van der Waals surface area contributed by atoms with Gasteiger partial charge >= 0.3 is 0 Å². The van der Waals surface area contributed by atoms with Crippen molar-refractivity contribution in [1.82, 2.24) is 0 Å². The molecule has 17 heavy (non-hydrogen) atoms. The number of ether oxygens (including phenoxy) is 1. The van der Waals surface area contributed by atoms with Crippen LogP contribution in [0.15, 0.2) is 23.5 Å². The molecule has 0 radical (unpaired) electrons. The normalized spacial score (nSPS) is 40.0. The minimum Gasteiger partial charge on any atom is -0.497 e. The molecular formula is C15H19NO. The van der Waals surface area contributed by atoms with Crippen molar-refractivity contribution in [3.05, 3.63) is 23.5 Å². The lowest BCUT2D eigenvalue weighted by Gasteiger charge is -2.47. The Bertz CT molecular complexity index is 425. The lowest BCUT2D eigenvalue weighted by Crippen LogP contribution is -2.45. The summed E-state index contributed by atoms with van der Waals surface area (Å²) in [5.41, 5.74) is 2.53. The van der Waals surface area contributed by atoms with E-state index in [0.717, 1.165) is 38.5 Å². The first-order valence-corrected chi connectivity index (χ1v) is 6.69. The van der Waals surface area contributed by atoms with Crippen molar-refractivity contribution >= 4 is 0 Å². The van der Waals surface area contributed by atoms with Crippen LogP contribution in [0.3, 0.4) is 0 Å². The van der Waals surface area contributed by atoms with Gasteiger partial charge in [-0.05, 0) is 51.0 Å². The van der Waals surface area contributed by atoms with Gasteiger partial charge in [0.05, 0.1) is 17.7 Å². The zero-order valence-corrected chi connectivity index (χ0v) is 10.4. The number of hydrogen-bond donors (Lipinski definition) is 0. The third-order valence-corrected chi connectivity index (χ3v) is 4.63. The number of rotatable bonds is 0. The molecule has 1 aliphatic heterocycles. The first kappa shape index (κ1) is 10.9. The standard InChI is InChI=1S/C15H19NO/c1-11-8-12-4-2-6-15(10-16)7-3-5-13(14(12)15)17-9-11/h8-9,13-14H,2-7H2,1H3/t13-,14-,15+/m1/s1. The molecule has 90 valence electrons. The molecule has 0 bridgehead atoms. The van der Waals surface area contributed by atoms with Gasteiger partial charge in [-0.2, -0.15) is 5.26 Å². The van der Waals surface area contributed by atoms with E-state index in [9.17, 15) is 5.26 Å². The Hall–Kier alpha value is -1.23. The molecule has 0 aromatic heterocycles. The Morgan fingerprint density at radius 2 is 2.24 bits per heavy atom. The first-order valence-electron chi connectivity index (χ1n) is 6.69. The van der Waals surface area contributed by atoms with Crippen molar-refractivity contribution < 1.29 is 4.74 Å². The van der Waals surface area contributed by atoms with E-state index in [2.05, 4.69) is 19.1 Å². The fourth-order valence-electron chi connectivity index (χ4n) is 3.95. The molecule has 0 spiro atoms. The summed E-state index contributed by atoms with van der Waals surface area (Å²) in [6.07, 6.45) is 11.1. The number of hydrogen-bond acceptors (Lipinski definition) is 2. The summed E-state index contributed by atoms with van der Waals surface area (Å²) >= 11 is 0. The Kier molecular flexibility index (Phi) is 2.50. The van der Waals surface area contributed by atoms with Crippen molar-refractivity contribution in [2.24, 2.45) is 11.3 Å². The molecule has 1 heterocycles. The molecule has 2 saturated carbocycles. The van der Waals surface area contributed by atoms with Crippen molar-refractivity contribution in [3.63, 3.8) is 0 Å². The van der Waals surface area contributed by atoms with Crippen LogP contribution in [0.25, 0.3) is 0 Å². The largest absolute Gasteiger partial charge is 0.497 e. The number of nitriles is 1. The Morgan fingerprint density at radius 3 is 3.06 bits per heavy atom. The van der Waals surface area contributed by atoms with Gasteiger partial charge in [-0.25, -0.2) is 0 Å². The molecule has 0 aromatic carbocycles. The zero-order chi connectivity index (χ0) is 11.9. The minimum atomic E-state index is -0.133. The van der Waals surface area contributed by atoms with Gasteiger partial charge in [0, 0.05) is 5.92 Å². The van der Waals surface area contributed by atoms with Gasteiger partial charge in [-0.3, -0.25) is 0 Å². The van der Waals surface area contributed by atoms with E-state index in [1.807, 2.05) is 6.26 Å². The summed E-state index contributed by atoms with van der Waals surface area (Å²) in [7, 11) is 0. The summed E-state index contributed by atoms with van der Waals surface area (Å²) in [4.78, 5) is 0. The molecule has 0 aromatic rings. The van der Waals surface area contributed by atoms with Crippen LogP contribution in [0.1, 0.15) is 45.4 Å². The highest BCUT2D eigenvalue weighted by Crippen LogP contribution is 2.54. The molecule has 3 rings (SSSR count). The summed E-state index contributed by atoms with van der Waals surface area (Å²) in [5, 5.41) is 9.64. The van der Waals surface area contributed by atoms with E-state index >= 15 is 0 Å².